The van der Waals surface area contributed by atoms with Gasteiger partial charge in [0.05, 0.1) is 22.5 Å². The average Bonchev–Trinajstić information content (AvgIpc) is 3.50. The van der Waals surface area contributed by atoms with Gasteiger partial charge in [-0.3, -0.25) is 9.59 Å². The van der Waals surface area contributed by atoms with Crippen LogP contribution in [0.1, 0.15) is 47.2 Å². The molecule has 2 amide bonds. The molecule has 0 bridgehead atoms. The molecule has 0 spiro atoms. The zero-order valence-corrected chi connectivity index (χ0v) is 23.8. The molecule has 4 nitrogen and oxygen atoms in total. The Balaban J connectivity index is 1.36. The smallest absolute Gasteiger partial charge is 0.261 e. The Morgan fingerprint density at radius 1 is 0.452 bits per heavy atom. The molecule has 0 N–H and O–H groups in total. The third-order valence-corrected chi connectivity index (χ3v) is 7.72. The summed E-state index contributed by atoms with van der Waals surface area (Å²) in [5, 5.41) is 0. The van der Waals surface area contributed by atoms with Gasteiger partial charge in [0.1, 0.15) is 0 Å². The standard InChI is InChI=1S/C38H32N2O2/c1-3-39-35(31-23-19-29(20-24-31)17-15-27-11-7-5-8-12-27)33-34(37(39)41)36(40(4-2)38(33)42)32-25-21-30(22-26-32)18-16-28-13-9-6-10-14-28/h5-26H,3-4H2,1-2H3. The van der Waals surface area contributed by atoms with E-state index in [1.54, 1.807) is 9.80 Å². The Morgan fingerprint density at radius 2 is 0.762 bits per heavy atom. The summed E-state index contributed by atoms with van der Waals surface area (Å²) in [6, 6.07) is 36.4. The van der Waals surface area contributed by atoms with E-state index >= 15 is 0 Å². The van der Waals surface area contributed by atoms with Crippen molar-refractivity contribution in [1.82, 2.24) is 9.80 Å². The molecule has 0 aliphatic carbocycles. The highest BCUT2D eigenvalue weighted by Gasteiger charge is 2.47. The fraction of sp³-hybridized carbons (Fsp3) is 0.105. The molecule has 0 saturated carbocycles. The number of hydrogen-bond donors (Lipinski definition) is 0. The molecule has 4 aromatic rings. The van der Waals surface area contributed by atoms with Gasteiger partial charge in [0.25, 0.3) is 11.8 Å². The van der Waals surface area contributed by atoms with E-state index in [0.717, 1.165) is 33.4 Å². The third kappa shape index (κ3) is 5.04. The van der Waals surface area contributed by atoms with Crippen molar-refractivity contribution in [3.05, 3.63) is 154 Å². The maximum atomic E-state index is 13.9. The maximum absolute atomic E-state index is 13.9. The number of nitrogens with zero attached hydrogens (tertiary/aromatic N) is 2. The van der Waals surface area contributed by atoms with Crippen molar-refractivity contribution in [2.75, 3.05) is 13.1 Å². The van der Waals surface area contributed by atoms with Gasteiger partial charge in [-0.25, -0.2) is 0 Å². The molecule has 0 radical (unpaired) electrons. The summed E-state index contributed by atoms with van der Waals surface area (Å²) in [6.07, 6.45) is 8.28. The molecular weight excluding hydrogens is 516 g/mol. The molecule has 206 valence electrons. The topological polar surface area (TPSA) is 40.6 Å². The number of benzene rings is 4. The van der Waals surface area contributed by atoms with Crippen LogP contribution in [-0.4, -0.2) is 34.7 Å². The fourth-order valence-corrected chi connectivity index (χ4v) is 5.62. The minimum atomic E-state index is -0.122. The van der Waals surface area contributed by atoms with E-state index in [2.05, 4.69) is 48.6 Å². The molecule has 2 heterocycles. The molecule has 2 aliphatic heterocycles. The zero-order chi connectivity index (χ0) is 29.1. The Bertz CT molecular complexity index is 1610. The third-order valence-electron chi connectivity index (χ3n) is 7.72. The van der Waals surface area contributed by atoms with Crippen LogP contribution in [0.25, 0.3) is 35.7 Å². The SMILES string of the molecule is CCN1C(=O)C2=C(c3ccc(C=Cc4ccccc4)cc3)N(CC)C(=O)C2=C1c1ccc(C=Cc2ccccc2)cc1. The highest BCUT2D eigenvalue weighted by Crippen LogP contribution is 2.46. The van der Waals surface area contributed by atoms with Crippen molar-refractivity contribution in [3.63, 3.8) is 0 Å². The first-order chi connectivity index (χ1) is 20.6. The van der Waals surface area contributed by atoms with E-state index in [1.807, 2.05) is 98.8 Å². The first-order valence-corrected chi connectivity index (χ1v) is 14.4. The normalized spacial score (nSPS) is 15.2. The first kappa shape index (κ1) is 27.0. The van der Waals surface area contributed by atoms with Crippen LogP contribution < -0.4 is 0 Å². The van der Waals surface area contributed by atoms with Crippen molar-refractivity contribution >= 4 is 47.5 Å². The van der Waals surface area contributed by atoms with Crippen LogP contribution in [0.3, 0.4) is 0 Å². The molecule has 0 saturated heterocycles. The van der Waals surface area contributed by atoms with Crippen LogP contribution in [0.5, 0.6) is 0 Å². The molecule has 42 heavy (non-hydrogen) atoms. The van der Waals surface area contributed by atoms with Gasteiger partial charge in [0, 0.05) is 13.1 Å². The number of rotatable bonds is 8. The number of amides is 2. The average molecular weight is 549 g/mol. The summed E-state index contributed by atoms with van der Waals surface area (Å²) in [5.74, 6) is -0.245. The van der Waals surface area contributed by atoms with Crippen LogP contribution in [0.4, 0.5) is 0 Å². The summed E-state index contributed by atoms with van der Waals surface area (Å²) >= 11 is 0. The van der Waals surface area contributed by atoms with Gasteiger partial charge in [-0.05, 0) is 47.2 Å². The highest BCUT2D eigenvalue weighted by molar-refractivity contribution is 6.30. The van der Waals surface area contributed by atoms with E-state index in [-0.39, 0.29) is 11.8 Å². The summed E-state index contributed by atoms with van der Waals surface area (Å²) in [6.45, 7) is 4.86. The molecule has 0 fully saturated rings. The van der Waals surface area contributed by atoms with E-state index in [1.165, 1.54) is 0 Å². The zero-order valence-electron chi connectivity index (χ0n) is 23.8. The second-order valence-electron chi connectivity index (χ2n) is 10.3. The minimum absolute atomic E-state index is 0.122. The monoisotopic (exact) mass is 548 g/mol. The summed E-state index contributed by atoms with van der Waals surface area (Å²) in [7, 11) is 0. The molecule has 4 heteroatoms. The molecule has 0 aromatic heterocycles. The van der Waals surface area contributed by atoms with E-state index in [4.69, 9.17) is 0 Å². The van der Waals surface area contributed by atoms with Crippen LogP contribution >= 0.6 is 0 Å². The van der Waals surface area contributed by atoms with Crippen LogP contribution in [0.15, 0.2) is 120 Å². The molecule has 0 unspecified atom stereocenters. The van der Waals surface area contributed by atoms with Crippen molar-refractivity contribution in [2.24, 2.45) is 0 Å². The van der Waals surface area contributed by atoms with Crippen molar-refractivity contribution in [3.8, 4) is 0 Å². The lowest BCUT2D eigenvalue weighted by Crippen LogP contribution is -2.29. The number of likely N-dealkylation sites (N-methyl/N-ethyl adjacent to an activating group) is 2. The van der Waals surface area contributed by atoms with Crippen LogP contribution in [-0.2, 0) is 9.59 Å². The Kier molecular flexibility index (Phi) is 7.52. The summed E-state index contributed by atoms with van der Waals surface area (Å²) in [4.78, 5) is 31.2. The minimum Gasteiger partial charge on any atom is -0.307 e. The van der Waals surface area contributed by atoms with Gasteiger partial charge in [-0.15, -0.1) is 0 Å². The Morgan fingerprint density at radius 3 is 1.07 bits per heavy atom. The lowest BCUT2D eigenvalue weighted by atomic mass is 10.0. The van der Waals surface area contributed by atoms with Gasteiger partial charge >= 0.3 is 0 Å². The Labute approximate surface area is 247 Å². The van der Waals surface area contributed by atoms with Crippen molar-refractivity contribution < 1.29 is 9.59 Å². The van der Waals surface area contributed by atoms with Crippen LogP contribution in [0, 0.1) is 0 Å². The number of fused-ring (bicyclic) bond motifs is 1. The molecule has 2 aliphatic rings. The largest absolute Gasteiger partial charge is 0.307 e. The molecule has 0 atom stereocenters. The summed E-state index contributed by atoms with van der Waals surface area (Å²) < 4.78 is 0. The first-order valence-electron chi connectivity index (χ1n) is 14.4. The molecular formula is C38H32N2O2. The highest BCUT2D eigenvalue weighted by atomic mass is 16.2. The van der Waals surface area contributed by atoms with Gasteiger partial charge in [0.2, 0.25) is 0 Å². The predicted octanol–water partition coefficient (Wildman–Crippen LogP) is 7.87. The fourth-order valence-electron chi connectivity index (χ4n) is 5.62. The van der Waals surface area contributed by atoms with Crippen LogP contribution in [0.2, 0.25) is 0 Å². The molecule has 4 aromatic carbocycles. The second kappa shape index (κ2) is 11.7. The number of carbonyl (C=O) groups is 2. The van der Waals surface area contributed by atoms with Gasteiger partial charge in [-0.1, -0.05) is 133 Å². The number of carbonyl (C=O) groups excluding carboxylic acids is 2. The maximum Gasteiger partial charge on any atom is 0.261 e. The lowest BCUT2D eigenvalue weighted by Gasteiger charge is -2.23. The van der Waals surface area contributed by atoms with Gasteiger partial charge in [0.15, 0.2) is 0 Å². The van der Waals surface area contributed by atoms with E-state index in [9.17, 15) is 9.59 Å². The van der Waals surface area contributed by atoms with Gasteiger partial charge in [-0.2, -0.15) is 0 Å². The summed E-state index contributed by atoms with van der Waals surface area (Å²) in [5.41, 5.74) is 8.45. The number of hydrogen-bond acceptors (Lipinski definition) is 2. The van der Waals surface area contributed by atoms with Crippen molar-refractivity contribution in [2.45, 2.75) is 13.8 Å². The van der Waals surface area contributed by atoms with Gasteiger partial charge < -0.3 is 9.80 Å². The quantitative estimate of drug-likeness (QED) is 0.210. The predicted molar refractivity (Wildman–Crippen MR) is 172 cm³/mol. The van der Waals surface area contributed by atoms with E-state index < -0.39 is 0 Å². The second-order valence-corrected chi connectivity index (χ2v) is 10.3. The lowest BCUT2D eigenvalue weighted by molar-refractivity contribution is -0.124. The van der Waals surface area contributed by atoms with E-state index in [0.29, 0.717) is 35.6 Å². The Hall–Kier alpha value is -5.22. The molecule has 6 rings (SSSR count). The van der Waals surface area contributed by atoms with Crippen molar-refractivity contribution in [1.29, 1.82) is 0 Å².